The summed E-state index contributed by atoms with van der Waals surface area (Å²) < 4.78 is 17.3. The Labute approximate surface area is 313 Å². The Morgan fingerprint density at radius 1 is 0.480 bits per heavy atom. The monoisotopic (exact) mass is 714 g/mol. The molecule has 0 rings (SSSR count). The first-order chi connectivity index (χ1) is 24.7. The molecule has 0 spiro atoms. The molecule has 0 saturated heterocycles. The fraction of sp³-hybridized carbons (Fsp3) is 0.977. The number of hydrogen-bond donors (Lipinski definition) is 1. The van der Waals surface area contributed by atoms with Gasteiger partial charge < -0.3 is 29.0 Å². The molecule has 0 aliphatic rings. The molecule has 0 heterocycles. The molecule has 0 fully saturated rings. The third-order valence-electron chi connectivity index (χ3n) is 9.68. The standard InChI is InChI=1S/C32H65NO4.C12H26O/c1-3-5-7-9-16-22-30-36-32(37-31-23-17-10-8-6-4-2)24-18-12-11-13-19-25-33(27-29-35)26-20-14-15-21-28-34;1-3-4-5-6-7-8-9-10-11-12-13-2/h28,32,35H,3-27,29-31H2,1-2H3;3-12H2,1-2H3. The van der Waals surface area contributed by atoms with Gasteiger partial charge in [-0.05, 0) is 64.5 Å². The Bertz CT molecular complexity index is 565. The maximum atomic E-state index is 10.4. The first kappa shape index (κ1) is 51.6. The molecule has 0 aromatic heterocycles. The van der Waals surface area contributed by atoms with E-state index in [1.54, 1.807) is 7.11 Å². The fourth-order valence-electron chi connectivity index (χ4n) is 6.36. The van der Waals surface area contributed by atoms with Crippen LogP contribution < -0.4 is 0 Å². The highest BCUT2D eigenvalue weighted by Gasteiger charge is 2.10. The van der Waals surface area contributed by atoms with Gasteiger partial charge in [-0.25, -0.2) is 0 Å². The van der Waals surface area contributed by atoms with Gasteiger partial charge in [0.2, 0.25) is 0 Å². The van der Waals surface area contributed by atoms with Crippen LogP contribution in [0.25, 0.3) is 0 Å². The lowest BCUT2D eigenvalue weighted by atomic mass is 10.1. The number of rotatable bonds is 42. The van der Waals surface area contributed by atoms with E-state index in [0.717, 1.165) is 84.3 Å². The molecule has 0 bridgehead atoms. The minimum absolute atomic E-state index is 0.0226. The Kier molecular flexibility index (Phi) is 50.0. The van der Waals surface area contributed by atoms with Gasteiger partial charge in [-0.2, -0.15) is 0 Å². The van der Waals surface area contributed by atoms with Crippen molar-refractivity contribution in [1.29, 1.82) is 0 Å². The summed E-state index contributed by atoms with van der Waals surface area (Å²) in [5, 5.41) is 9.34. The average molecular weight is 714 g/mol. The largest absolute Gasteiger partial charge is 0.395 e. The number of carbonyl (C=O) groups excluding carboxylic acids is 1. The zero-order chi connectivity index (χ0) is 36.9. The second-order valence-electron chi connectivity index (χ2n) is 14.7. The highest BCUT2D eigenvalue weighted by atomic mass is 16.7. The number of aliphatic hydroxyl groups is 1. The lowest BCUT2D eigenvalue weighted by Crippen LogP contribution is -2.29. The third-order valence-corrected chi connectivity index (χ3v) is 9.68. The predicted octanol–water partition coefficient (Wildman–Crippen LogP) is 12.6. The van der Waals surface area contributed by atoms with Crippen LogP contribution >= 0.6 is 0 Å². The fourth-order valence-corrected chi connectivity index (χ4v) is 6.36. The van der Waals surface area contributed by atoms with Gasteiger partial charge in [0.05, 0.1) is 6.61 Å². The van der Waals surface area contributed by atoms with Crippen molar-refractivity contribution >= 4 is 6.29 Å². The number of carbonyl (C=O) groups is 1. The van der Waals surface area contributed by atoms with Crippen LogP contribution in [0, 0.1) is 0 Å². The Balaban J connectivity index is 0. The highest BCUT2D eigenvalue weighted by Crippen LogP contribution is 2.15. The van der Waals surface area contributed by atoms with Crippen molar-refractivity contribution in [1.82, 2.24) is 4.90 Å². The molecule has 0 aromatic carbocycles. The van der Waals surface area contributed by atoms with Crippen molar-refractivity contribution in [3.63, 3.8) is 0 Å². The summed E-state index contributed by atoms with van der Waals surface area (Å²) in [6.45, 7) is 12.5. The quantitative estimate of drug-likeness (QED) is 0.0386. The minimum atomic E-state index is -0.0226. The number of methoxy groups -OCH3 is 1. The summed E-state index contributed by atoms with van der Waals surface area (Å²) in [4.78, 5) is 12.8. The van der Waals surface area contributed by atoms with E-state index >= 15 is 0 Å². The predicted molar refractivity (Wildman–Crippen MR) is 217 cm³/mol. The molecule has 0 amide bonds. The van der Waals surface area contributed by atoms with Crippen molar-refractivity contribution in [3.05, 3.63) is 0 Å². The molecule has 0 aliphatic carbocycles. The molecule has 0 aliphatic heterocycles. The second kappa shape index (κ2) is 48.5. The van der Waals surface area contributed by atoms with E-state index in [1.807, 2.05) is 0 Å². The molecule has 6 nitrogen and oxygen atoms in total. The molecule has 1 N–H and O–H groups in total. The molecule has 50 heavy (non-hydrogen) atoms. The zero-order valence-electron chi connectivity index (χ0n) is 34.6. The van der Waals surface area contributed by atoms with E-state index in [2.05, 4.69) is 25.7 Å². The first-order valence-corrected chi connectivity index (χ1v) is 22.2. The third kappa shape index (κ3) is 45.5. The van der Waals surface area contributed by atoms with E-state index in [4.69, 9.17) is 14.2 Å². The van der Waals surface area contributed by atoms with E-state index in [-0.39, 0.29) is 12.9 Å². The van der Waals surface area contributed by atoms with E-state index in [0.29, 0.717) is 6.42 Å². The lowest BCUT2D eigenvalue weighted by Gasteiger charge is -2.21. The summed E-state index contributed by atoms with van der Waals surface area (Å²) in [7, 11) is 1.78. The molecular weight excluding hydrogens is 622 g/mol. The number of aldehydes is 1. The summed E-state index contributed by atoms with van der Waals surface area (Å²) >= 11 is 0. The van der Waals surface area contributed by atoms with Crippen molar-refractivity contribution in [2.24, 2.45) is 0 Å². The molecule has 0 unspecified atom stereocenters. The summed E-state index contributed by atoms with van der Waals surface area (Å²) in [5.74, 6) is 0. The highest BCUT2D eigenvalue weighted by molar-refractivity contribution is 5.48. The maximum Gasteiger partial charge on any atom is 0.157 e. The second-order valence-corrected chi connectivity index (χ2v) is 14.7. The molecule has 0 saturated carbocycles. The van der Waals surface area contributed by atoms with Crippen LogP contribution in [0.4, 0.5) is 0 Å². The number of aliphatic hydroxyl groups excluding tert-OH is 1. The molecular formula is C44H91NO5. The van der Waals surface area contributed by atoms with Crippen LogP contribution in [0.15, 0.2) is 0 Å². The van der Waals surface area contributed by atoms with E-state index in [9.17, 15) is 9.90 Å². The van der Waals surface area contributed by atoms with Gasteiger partial charge >= 0.3 is 0 Å². The summed E-state index contributed by atoms with van der Waals surface area (Å²) in [5.41, 5.74) is 0. The van der Waals surface area contributed by atoms with Gasteiger partial charge in [0.15, 0.2) is 6.29 Å². The van der Waals surface area contributed by atoms with Gasteiger partial charge in [0, 0.05) is 39.9 Å². The van der Waals surface area contributed by atoms with Crippen LogP contribution in [-0.4, -0.2) is 75.8 Å². The van der Waals surface area contributed by atoms with E-state index in [1.165, 1.54) is 154 Å². The SMILES string of the molecule is CCCCCCCCCCCOC.CCCCCCCCOC(CCCCCCCN(CCO)CCCCCC=O)OCCCCCCCC. The van der Waals surface area contributed by atoms with Gasteiger partial charge in [-0.1, -0.05) is 162 Å². The van der Waals surface area contributed by atoms with Crippen LogP contribution in [0.1, 0.15) is 220 Å². The summed E-state index contributed by atoms with van der Waals surface area (Å²) in [6, 6.07) is 0. The van der Waals surface area contributed by atoms with Gasteiger partial charge in [-0.15, -0.1) is 0 Å². The minimum Gasteiger partial charge on any atom is -0.395 e. The molecule has 0 aromatic rings. The van der Waals surface area contributed by atoms with Gasteiger partial charge in [0.25, 0.3) is 0 Å². The van der Waals surface area contributed by atoms with Gasteiger partial charge in [-0.3, -0.25) is 0 Å². The average Bonchev–Trinajstić information content (AvgIpc) is 3.12. The van der Waals surface area contributed by atoms with Crippen LogP contribution in [0.3, 0.4) is 0 Å². The Morgan fingerprint density at radius 3 is 1.28 bits per heavy atom. The number of nitrogens with zero attached hydrogens (tertiary/aromatic N) is 1. The van der Waals surface area contributed by atoms with Crippen LogP contribution in [0.2, 0.25) is 0 Å². The Hall–Kier alpha value is -0.530. The number of hydrogen-bond acceptors (Lipinski definition) is 6. The summed E-state index contributed by atoms with van der Waals surface area (Å²) in [6.07, 6.45) is 40.0. The lowest BCUT2D eigenvalue weighted by molar-refractivity contribution is -0.148. The molecule has 6 heteroatoms. The van der Waals surface area contributed by atoms with Crippen LogP contribution in [0.5, 0.6) is 0 Å². The van der Waals surface area contributed by atoms with Gasteiger partial charge in [0.1, 0.15) is 6.29 Å². The normalized spacial score (nSPS) is 11.4. The maximum absolute atomic E-state index is 10.4. The zero-order valence-corrected chi connectivity index (χ0v) is 34.6. The molecule has 302 valence electrons. The Morgan fingerprint density at radius 2 is 0.860 bits per heavy atom. The number of ether oxygens (including phenoxy) is 3. The number of unbranched alkanes of at least 4 members (excludes halogenated alkanes) is 25. The van der Waals surface area contributed by atoms with Crippen LogP contribution in [-0.2, 0) is 19.0 Å². The van der Waals surface area contributed by atoms with Crippen molar-refractivity contribution in [2.75, 3.05) is 53.2 Å². The van der Waals surface area contributed by atoms with E-state index < -0.39 is 0 Å². The first-order valence-electron chi connectivity index (χ1n) is 22.2. The van der Waals surface area contributed by atoms with Crippen molar-refractivity contribution < 1.29 is 24.1 Å². The molecule has 0 radical (unpaired) electrons. The smallest absolute Gasteiger partial charge is 0.157 e. The van der Waals surface area contributed by atoms with Crippen molar-refractivity contribution in [2.45, 2.75) is 226 Å². The topological polar surface area (TPSA) is 68.2 Å². The molecule has 0 atom stereocenters. The van der Waals surface area contributed by atoms with Crippen molar-refractivity contribution in [3.8, 4) is 0 Å².